The summed E-state index contributed by atoms with van der Waals surface area (Å²) in [5.41, 5.74) is 2.30. The van der Waals surface area contributed by atoms with Crippen LogP contribution in [0.5, 0.6) is 0 Å². The fourth-order valence-corrected chi connectivity index (χ4v) is 5.68. The van der Waals surface area contributed by atoms with E-state index in [4.69, 9.17) is 16.3 Å². The molecule has 0 radical (unpaired) electrons. The molecule has 0 bridgehead atoms. The van der Waals surface area contributed by atoms with E-state index in [9.17, 15) is 13.2 Å². The summed E-state index contributed by atoms with van der Waals surface area (Å²) in [5, 5.41) is 4.81. The number of amides is 1. The van der Waals surface area contributed by atoms with Gasteiger partial charge in [-0.3, -0.25) is 9.62 Å². The topological polar surface area (TPSA) is 100 Å². The van der Waals surface area contributed by atoms with E-state index in [2.05, 4.69) is 31.8 Å². The van der Waals surface area contributed by atoms with Crippen LogP contribution in [0.3, 0.4) is 0 Å². The second-order valence-electron chi connectivity index (χ2n) is 9.31. The van der Waals surface area contributed by atoms with Crippen LogP contribution in [0, 0.1) is 11.8 Å². The van der Waals surface area contributed by atoms with Crippen LogP contribution < -0.4 is 9.62 Å². The van der Waals surface area contributed by atoms with Gasteiger partial charge in [0.1, 0.15) is 0 Å². The molecule has 1 aromatic carbocycles. The Kier molecular flexibility index (Phi) is 6.45. The summed E-state index contributed by atoms with van der Waals surface area (Å²) in [7, 11) is -3.44. The summed E-state index contributed by atoms with van der Waals surface area (Å²) < 4.78 is 31.7. The molecular weight excluding hydrogens is 480 g/mol. The molecule has 34 heavy (non-hydrogen) atoms. The number of carbonyl (C=O) groups is 1. The smallest absolute Gasteiger partial charge is 0.344 e. The summed E-state index contributed by atoms with van der Waals surface area (Å²) in [6.07, 6.45) is 2.51. The maximum atomic E-state index is 12.8. The molecule has 0 spiro atoms. The number of anilines is 2. The lowest BCUT2D eigenvalue weighted by atomic mass is 10.0. The van der Waals surface area contributed by atoms with Crippen molar-refractivity contribution in [2.75, 3.05) is 68.4 Å². The highest BCUT2D eigenvalue weighted by atomic mass is 35.5. The Morgan fingerprint density at radius 1 is 1.15 bits per heavy atom. The standard InChI is InChI=1S/C22H29ClN6O4S/c1-34(31,32)25-21-4-5-29(24-21)22(30)27-8-6-26(7-9-27)11-16-2-3-19(23)20(10-16)28-12-17-14-33-15-18(17)13-28/h2-5,10,17-18H,6-9,11-15H2,1H3,(H,24,25). The van der Waals surface area contributed by atoms with E-state index in [1.54, 1.807) is 4.90 Å². The van der Waals surface area contributed by atoms with Crippen LogP contribution in [-0.2, 0) is 21.3 Å². The normalized spacial score (nSPS) is 23.4. The summed E-state index contributed by atoms with van der Waals surface area (Å²) >= 11 is 6.55. The minimum Gasteiger partial charge on any atom is -0.381 e. The molecular formula is C22H29ClN6O4S. The molecule has 10 nitrogen and oxygen atoms in total. The Morgan fingerprint density at radius 2 is 1.85 bits per heavy atom. The third-order valence-corrected chi connectivity index (χ3v) is 7.62. The van der Waals surface area contributed by atoms with Gasteiger partial charge in [0.15, 0.2) is 5.82 Å². The minimum absolute atomic E-state index is 0.127. The molecule has 0 aliphatic carbocycles. The average Bonchev–Trinajstić information content (AvgIpc) is 3.51. The number of ether oxygens (including phenoxy) is 1. The van der Waals surface area contributed by atoms with Crippen molar-refractivity contribution < 1.29 is 17.9 Å². The van der Waals surface area contributed by atoms with Gasteiger partial charge >= 0.3 is 6.03 Å². The van der Waals surface area contributed by atoms with Gasteiger partial charge in [0.2, 0.25) is 10.0 Å². The molecule has 3 fully saturated rings. The van der Waals surface area contributed by atoms with Crippen molar-refractivity contribution >= 4 is 39.2 Å². The molecule has 1 amide bonds. The first-order valence-corrected chi connectivity index (χ1v) is 13.7. The van der Waals surface area contributed by atoms with E-state index in [0.29, 0.717) is 24.9 Å². The lowest BCUT2D eigenvalue weighted by molar-refractivity contribution is 0.134. The van der Waals surface area contributed by atoms with Gasteiger partial charge in [-0.2, -0.15) is 4.68 Å². The molecule has 1 N–H and O–H groups in total. The number of hydrogen-bond acceptors (Lipinski definition) is 7. The van der Waals surface area contributed by atoms with Gasteiger partial charge in [-0.25, -0.2) is 13.2 Å². The molecule has 4 heterocycles. The number of sulfonamides is 1. The fourth-order valence-electron chi connectivity index (χ4n) is 4.96. The van der Waals surface area contributed by atoms with Crippen LogP contribution in [0.25, 0.3) is 0 Å². The largest absolute Gasteiger partial charge is 0.381 e. The van der Waals surface area contributed by atoms with Crippen LogP contribution in [0.15, 0.2) is 30.5 Å². The summed E-state index contributed by atoms with van der Waals surface area (Å²) in [6, 6.07) is 7.45. The molecule has 0 saturated carbocycles. The number of piperazine rings is 1. The number of hydrogen-bond donors (Lipinski definition) is 1. The first-order chi connectivity index (χ1) is 16.2. The number of fused-ring (bicyclic) bond motifs is 1. The van der Waals surface area contributed by atoms with Crippen molar-refractivity contribution in [3.05, 3.63) is 41.0 Å². The van der Waals surface area contributed by atoms with Gasteiger partial charge in [-0.1, -0.05) is 17.7 Å². The lowest BCUT2D eigenvalue weighted by Gasteiger charge is -2.34. The van der Waals surface area contributed by atoms with Gasteiger partial charge in [-0.05, 0) is 17.7 Å². The number of aromatic nitrogens is 2. The number of nitrogens with one attached hydrogen (secondary N) is 1. The van der Waals surface area contributed by atoms with Crippen molar-refractivity contribution in [3.8, 4) is 0 Å². The highest BCUT2D eigenvalue weighted by molar-refractivity contribution is 7.92. The monoisotopic (exact) mass is 508 g/mol. The number of nitrogens with zero attached hydrogens (tertiary/aromatic N) is 5. The quantitative estimate of drug-likeness (QED) is 0.657. The molecule has 184 valence electrons. The van der Waals surface area contributed by atoms with Gasteiger partial charge in [0.25, 0.3) is 0 Å². The Labute approximate surface area is 204 Å². The van der Waals surface area contributed by atoms with Crippen molar-refractivity contribution in [2.45, 2.75) is 6.54 Å². The molecule has 2 aromatic rings. The van der Waals surface area contributed by atoms with E-state index in [1.165, 1.54) is 22.5 Å². The highest BCUT2D eigenvalue weighted by Gasteiger charge is 2.37. The minimum atomic E-state index is -3.44. The van der Waals surface area contributed by atoms with Crippen molar-refractivity contribution in [1.82, 2.24) is 19.6 Å². The Bertz CT molecular complexity index is 1150. The van der Waals surface area contributed by atoms with Crippen LogP contribution in [0.1, 0.15) is 5.56 Å². The van der Waals surface area contributed by atoms with Gasteiger partial charge < -0.3 is 14.5 Å². The van der Waals surface area contributed by atoms with Gasteiger partial charge in [-0.15, -0.1) is 5.10 Å². The van der Waals surface area contributed by atoms with E-state index < -0.39 is 10.0 Å². The number of benzene rings is 1. The van der Waals surface area contributed by atoms with Crippen molar-refractivity contribution in [2.24, 2.45) is 11.8 Å². The van der Waals surface area contributed by atoms with E-state index in [-0.39, 0.29) is 11.8 Å². The maximum absolute atomic E-state index is 12.8. The first kappa shape index (κ1) is 23.4. The molecule has 3 aliphatic rings. The summed E-state index contributed by atoms with van der Waals surface area (Å²) in [4.78, 5) is 19.2. The molecule has 1 aromatic heterocycles. The maximum Gasteiger partial charge on any atom is 0.344 e. The Balaban J connectivity index is 1.16. The Hall–Kier alpha value is -2.34. The molecule has 3 saturated heterocycles. The predicted octanol–water partition coefficient (Wildman–Crippen LogP) is 1.78. The summed E-state index contributed by atoms with van der Waals surface area (Å²) in [5.74, 6) is 1.32. The molecule has 2 atom stereocenters. The summed E-state index contributed by atoms with van der Waals surface area (Å²) in [6.45, 7) is 7.08. The van der Waals surface area contributed by atoms with Crippen LogP contribution in [0.2, 0.25) is 5.02 Å². The van der Waals surface area contributed by atoms with E-state index in [0.717, 1.165) is 62.9 Å². The van der Waals surface area contributed by atoms with Crippen LogP contribution in [0.4, 0.5) is 16.3 Å². The molecule has 2 unspecified atom stereocenters. The molecule has 5 rings (SSSR count). The zero-order valence-corrected chi connectivity index (χ0v) is 20.6. The zero-order chi connectivity index (χ0) is 23.9. The van der Waals surface area contributed by atoms with E-state index >= 15 is 0 Å². The third-order valence-electron chi connectivity index (χ3n) is 6.72. The van der Waals surface area contributed by atoms with Crippen molar-refractivity contribution in [1.29, 1.82) is 0 Å². The number of halogens is 1. The van der Waals surface area contributed by atoms with Crippen molar-refractivity contribution in [3.63, 3.8) is 0 Å². The van der Waals surface area contributed by atoms with Crippen LogP contribution >= 0.6 is 11.6 Å². The van der Waals surface area contributed by atoms with Gasteiger partial charge in [0, 0.05) is 69.9 Å². The van der Waals surface area contributed by atoms with Gasteiger partial charge in [0.05, 0.1) is 30.2 Å². The fraction of sp³-hybridized carbons (Fsp3) is 0.545. The Morgan fingerprint density at radius 3 is 2.53 bits per heavy atom. The molecule has 3 aliphatic heterocycles. The number of rotatable bonds is 5. The zero-order valence-electron chi connectivity index (χ0n) is 19.1. The second kappa shape index (κ2) is 9.37. The predicted molar refractivity (Wildman–Crippen MR) is 130 cm³/mol. The van der Waals surface area contributed by atoms with Crippen LogP contribution in [-0.4, -0.2) is 92.8 Å². The average molecular weight is 509 g/mol. The highest BCUT2D eigenvalue weighted by Crippen LogP contribution is 2.36. The second-order valence-corrected chi connectivity index (χ2v) is 11.5. The SMILES string of the molecule is CS(=O)(=O)Nc1ccn(C(=O)N2CCN(Cc3ccc(Cl)c(N4CC5COCC5C4)c3)CC2)n1. The first-order valence-electron chi connectivity index (χ1n) is 11.4. The lowest BCUT2D eigenvalue weighted by Crippen LogP contribution is -2.49. The van der Waals surface area contributed by atoms with E-state index in [1.807, 2.05) is 6.07 Å². The molecule has 12 heteroatoms. The number of carbonyl (C=O) groups excluding carboxylic acids is 1. The third kappa shape index (κ3) is 5.17.